The first-order valence-corrected chi connectivity index (χ1v) is 5.19. The average Bonchev–Trinajstić information content (AvgIpc) is 2.35. The molecule has 0 spiro atoms. The molecule has 0 aromatic rings. The fraction of sp³-hybridized carbons (Fsp3) is 0.778. The van der Waals surface area contributed by atoms with Crippen LogP contribution in [0.5, 0.6) is 0 Å². The second kappa shape index (κ2) is 5.78. The van der Waals surface area contributed by atoms with E-state index in [1.165, 1.54) is 0 Å². The van der Waals surface area contributed by atoms with Crippen LogP contribution in [-0.2, 0) is 14.3 Å². The standard InChI is InChI=1S/C9H5F11O3/c1-2-23-4(22)7(14,15)5(10,11)3(21)6(12,13)8(16,17)9(18,19)20/h2H2,1H3. The molecule has 0 rings (SSSR count). The molecular formula is C9H5F11O3. The van der Waals surface area contributed by atoms with Crippen molar-refractivity contribution in [3.8, 4) is 0 Å². The summed E-state index contributed by atoms with van der Waals surface area (Å²) in [7, 11) is 0. The number of Topliss-reactive ketones (excluding diaryl/α,β-unsaturated/α-hetero) is 1. The van der Waals surface area contributed by atoms with Gasteiger partial charge < -0.3 is 4.74 Å². The molecule has 0 saturated heterocycles. The van der Waals surface area contributed by atoms with Gasteiger partial charge in [0.05, 0.1) is 6.61 Å². The molecule has 0 aliphatic carbocycles. The number of carbonyl (C=O) groups is 2. The van der Waals surface area contributed by atoms with Gasteiger partial charge >= 0.3 is 35.8 Å². The Bertz CT molecular complexity index is 480. The first-order valence-electron chi connectivity index (χ1n) is 5.19. The van der Waals surface area contributed by atoms with Crippen LogP contribution in [0.25, 0.3) is 0 Å². The van der Waals surface area contributed by atoms with E-state index in [9.17, 15) is 57.9 Å². The van der Waals surface area contributed by atoms with Crippen molar-refractivity contribution in [3.63, 3.8) is 0 Å². The van der Waals surface area contributed by atoms with Crippen molar-refractivity contribution in [1.29, 1.82) is 0 Å². The van der Waals surface area contributed by atoms with Gasteiger partial charge in [0.15, 0.2) is 0 Å². The number of alkyl halides is 11. The molecule has 0 atom stereocenters. The highest BCUT2D eigenvalue weighted by Crippen LogP contribution is 2.51. The van der Waals surface area contributed by atoms with Crippen molar-refractivity contribution in [1.82, 2.24) is 0 Å². The van der Waals surface area contributed by atoms with E-state index in [-0.39, 0.29) is 0 Å². The Morgan fingerprint density at radius 2 is 1.13 bits per heavy atom. The second-order valence-corrected chi connectivity index (χ2v) is 3.84. The Morgan fingerprint density at radius 3 is 1.43 bits per heavy atom. The average molecular weight is 370 g/mol. The predicted molar refractivity (Wildman–Crippen MR) is 47.5 cm³/mol. The number of ether oxygens (including phenoxy) is 1. The molecule has 0 aliphatic heterocycles. The summed E-state index contributed by atoms with van der Waals surface area (Å²) >= 11 is 0. The summed E-state index contributed by atoms with van der Waals surface area (Å²) in [6.07, 6.45) is -7.21. The number of carbonyl (C=O) groups excluding carboxylic acids is 2. The molecule has 3 nitrogen and oxygen atoms in total. The maximum Gasteiger partial charge on any atom is 0.460 e. The Balaban J connectivity index is 5.96. The summed E-state index contributed by atoms with van der Waals surface area (Å²) in [5, 5.41) is 0. The van der Waals surface area contributed by atoms with Gasteiger partial charge in [-0.1, -0.05) is 0 Å². The van der Waals surface area contributed by atoms with E-state index >= 15 is 0 Å². The van der Waals surface area contributed by atoms with Gasteiger partial charge in [-0.15, -0.1) is 0 Å². The maximum absolute atomic E-state index is 13.0. The van der Waals surface area contributed by atoms with Crippen molar-refractivity contribution in [2.75, 3.05) is 6.61 Å². The number of esters is 1. The molecule has 0 aromatic heterocycles. The van der Waals surface area contributed by atoms with Gasteiger partial charge in [-0.05, 0) is 6.92 Å². The maximum atomic E-state index is 13.0. The quantitative estimate of drug-likeness (QED) is 0.533. The van der Waals surface area contributed by atoms with Crippen molar-refractivity contribution in [2.45, 2.75) is 36.8 Å². The first kappa shape index (κ1) is 21.4. The van der Waals surface area contributed by atoms with Crippen LogP contribution in [0.15, 0.2) is 0 Å². The van der Waals surface area contributed by atoms with Crippen LogP contribution in [0.2, 0.25) is 0 Å². The van der Waals surface area contributed by atoms with Crippen LogP contribution in [0, 0.1) is 0 Å². The Hall–Kier alpha value is -1.63. The van der Waals surface area contributed by atoms with Gasteiger partial charge in [0.1, 0.15) is 0 Å². The summed E-state index contributed by atoms with van der Waals surface area (Å²) < 4.78 is 141. The Labute approximate surface area is 119 Å². The lowest BCUT2D eigenvalue weighted by Gasteiger charge is -2.31. The summed E-state index contributed by atoms with van der Waals surface area (Å²) in [5.74, 6) is -36.0. The van der Waals surface area contributed by atoms with Gasteiger partial charge in [-0.3, -0.25) is 4.79 Å². The summed E-state index contributed by atoms with van der Waals surface area (Å²) in [6, 6.07) is 0. The molecule has 0 bridgehead atoms. The van der Waals surface area contributed by atoms with E-state index in [0.717, 1.165) is 6.92 Å². The summed E-state index contributed by atoms with van der Waals surface area (Å²) in [6.45, 7) is -0.214. The minimum absolute atomic E-state index is 0.792. The molecule has 0 amide bonds. The van der Waals surface area contributed by atoms with Crippen LogP contribution in [0.4, 0.5) is 48.3 Å². The van der Waals surface area contributed by atoms with Crippen molar-refractivity contribution in [3.05, 3.63) is 0 Å². The largest absolute Gasteiger partial charge is 0.461 e. The molecular weight excluding hydrogens is 365 g/mol. The van der Waals surface area contributed by atoms with Crippen molar-refractivity contribution >= 4 is 11.8 Å². The highest BCUT2D eigenvalue weighted by Gasteiger charge is 2.83. The van der Waals surface area contributed by atoms with Gasteiger partial charge in [-0.2, -0.15) is 48.3 Å². The zero-order valence-corrected chi connectivity index (χ0v) is 10.6. The van der Waals surface area contributed by atoms with E-state index in [2.05, 4.69) is 4.74 Å². The third-order valence-electron chi connectivity index (χ3n) is 2.25. The first-order chi connectivity index (χ1) is 9.89. The highest BCUT2D eigenvalue weighted by molar-refractivity contribution is 5.98. The van der Waals surface area contributed by atoms with Crippen LogP contribution < -0.4 is 0 Å². The molecule has 23 heavy (non-hydrogen) atoms. The van der Waals surface area contributed by atoms with E-state index in [4.69, 9.17) is 0 Å². The van der Waals surface area contributed by atoms with Gasteiger partial charge in [0, 0.05) is 0 Å². The minimum Gasteiger partial charge on any atom is -0.461 e. The van der Waals surface area contributed by atoms with Gasteiger partial charge in [0.2, 0.25) is 0 Å². The molecule has 0 N–H and O–H groups in total. The number of ketones is 1. The summed E-state index contributed by atoms with van der Waals surface area (Å²) in [4.78, 5) is 21.1. The summed E-state index contributed by atoms with van der Waals surface area (Å²) in [5.41, 5.74) is 0. The second-order valence-electron chi connectivity index (χ2n) is 3.84. The third kappa shape index (κ3) is 3.20. The number of hydrogen-bond donors (Lipinski definition) is 0. The van der Waals surface area contributed by atoms with E-state index in [0.29, 0.717) is 0 Å². The monoisotopic (exact) mass is 370 g/mol. The predicted octanol–water partition coefficient (Wildman–Crippen LogP) is 3.22. The molecule has 0 aliphatic rings. The smallest absolute Gasteiger partial charge is 0.460 e. The fourth-order valence-electron chi connectivity index (χ4n) is 1.01. The van der Waals surface area contributed by atoms with Gasteiger partial charge in [-0.25, -0.2) is 4.79 Å². The van der Waals surface area contributed by atoms with E-state index in [1.54, 1.807) is 0 Å². The van der Waals surface area contributed by atoms with Crippen LogP contribution in [0.1, 0.15) is 6.92 Å². The lowest BCUT2D eigenvalue weighted by atomic mass is 9.97. The van der Waals surface area contributed by atoms with Crippen molar-refractivity contribution in [2.24, 2.45) is 0 Å². The van der Waals surface area contributed by atoms with Crippen LogP contribution >= 0.6 is 0 Å². The lowest BCUT2D eigenvalue weighted by Crippen LogP contribution is -2.65. The highest BCUT2D eigenvalue weighted by atomic mass is 19.4. The molecule has 136 valence electrons. The zero-order valence-electron chi connectivity index (χ0n) is 10.6. The zero-order chi connectivity index (χ0) is 19.1. The van der Waals surface area contributed by atoms with E-state index in [1.807, 2.05) is 0 Å². The Kier molecular flexibility index (Phi) is 5.37. The lowest BCUT2D eigenvalue weighted by molar-refractivity contribution is -0.349. The topological polar surface area (TPSA) is 43.4 Å². The number of rotatable bonds is 6. The molecule has 0 fully saturated rings. The van der Waals surface area contributed by atoms with E-state index < -0.39 is 48.2 Å². The molecule has 0 unspecified atom stereocenters. The SMILES string of the molecule is CCOC(=O)C(F)(F)C(F)(F)C(=O)C(F)(F)C(F)(F)C(F)(F)F. The Morgan fingerprint density at radius 1 is 0.739 bits per heavy atom. The normalized spacial score (nSPS) is 14.6. The van der Waals surface area contributed by atoms with Gasteiger partial charge in [0.25, 0.3) is 5.78 Å². The fourth-order valence-corrected chi connectivity index (χ4v) is 1.01. The third-order valence-corrected chi connectivity index (χ3v) is 2.25. The molecule has 0 heterocycles. The molecule has 0 aromatic carbocycles. The van der Waals surface area contributed by atoms with Crippen LogP contribution in [-0.4, -0.2) is 48.2 Å². The molecule has 0 radical (unpaired) electrons. The minimum atomic E-state index is -7.38. The number of halogens is 11. The van der Waals surface area contributed by atoms with Crippen LogP contribution in [0.3, 0.4) is 0 Å². The molecule has 14 heteroatoms. The number of hydrogen-bond acceptors (Lipinski definition) is 3. The molecule has 0 saturated carbocycles. The van der Waals surface area contributed by atoms with Crippen molar-refractivity contribution < 1.29 is 62.6 Å².